The topological polar surface area (TPSA) is 83.2 Å². The number of carboxylic acids is 1. The van der Waals surface area contributed by atoms with E-state index in [0.29, 0.717) is 11.3 Å². The first-order valence-electron chi connectivity index (χ1n) is 5.90. The summed E-state index contributed by atoms with van der Waals surface area (Å²) in [5.41, 5.74) is 1.93. The molecule has 0 radical (unpaired) electrons. The summed E-state index contributed by atoms with van der Waals surface area (Å²) < 4.78 is 5.51. The molecule has 0 spiro atoms. The van der Waals surface area contributed by atoms with E-state index < -0.39 is 5.97 Å². The van der Waals surface area contributed by atoms with Crippen LogP contribution in [-0.4, -0.2) is 16.1 Å². The molecule has 0 atom stereocenters. The normalized spacial score (nSPS) is 9.85. The number of benzene rings is 1. The van der Waals surface area contributed by atoms with Crippen LogP contribution in [0.4, 0.5) is 0 Å². The molecule has 100 valence electrons. The Balaban J connectivity index is 2.42. The fourth-order valence-electron chi connectivity index (χ4n) is 1.77. The minimum atomic E-state index is -1.07. The van der Waals surface area contributed by atoms with Gasteiger partial charge in [-0.25, -0.2) is 9.78 Å². The molecule has 0 aliphatic heterocycles. The van der Waals surface area contributed by atoms with Crippen molar-refractivity contribution in [3.8, 4) is 17.7 Å². The van der Waals surface area contributed by atoms with E-state index in [4.69, 9.17) is 10.00 Å². The summed E-state index contributed by atoms with van der Waals surface area (Å²) in [6.45, 7) is 3.54. The number of aryl methyl sites for hydroxylation is 2. The molecule has 0 bridgehead atoms. The Hall–Kier alpha value is -2.87. The van der Waals surface area contributed by atoms with Crippen LogP contribution < -0.4 is 4.74 Å². The monoisotopic (exact) mass is 268 g/mol. The van der Waals surface area contributed by atoms with Crippen LogP contribution in [0.15, 0.2) is 30.3 Å². The van der Waals surface area contributed by atoms with Gasteiger partial charge in [-0.05, 0) is 32.0 Å². The van der Waals surface area contributed by atoms with E-state index >= 15 is 0 Å². The van der Waals surface area contributed by atoms with Crippen molar-refractivity contribution in [3.63, 3.8) is 0 Å². The number of aromatic carboxylic acids is 1. The van der Waals surface area contributed by atoms with E-state index in [0.717, 1.165) is 5.56 Å². The maximum Gasteiger partial charge on any atom is 0.339 e. The fraction of sp³-hybridized carbons (Fsp3) is 0.133. The van der Waals surface area contributed by atoms with Gasteiger partial charge in [0, 0.05) is 11.8 Å². The third kappa shape index (κ3) is 2.93. The first-order chi connectivity index (χ1) is 9.49. The SMILES string of the molecule is Cc1ccc(Oc2cc(C#N)cc(C)n2)c(C(=O)O)c1. The zero-order chi connectivity index (χ0) is 14.7. The molecule has 0 saturated carbocycles. The highest BCUT2D eigenvalue weighted by atomic mass is 16.5. The van der Waals surface area contributed by atoms with Gasteiger partial charge in [0.1, 0.15) is 11.3 Å². The van der Waals surface area contributed by atoms with Crippen LogP contribution in [0.2, 0.25) is 0 Å². The van der Waals surface area contributed by atoms with Crippen LogP contribution in [-0.2, 0) is 0 Å². The highest BCUT2D eigenvalue weighted by Gasteiger charge is 2.13. The molecular weight excluding hydrogens is 256 g/mol. The second-order valence-corrected chi connectivity index (χ2v) is 4.35. The van der Waals surface area contributed by atoms with Crippen molar-refractivity contribution >= 4 is 5.97 Å². The smallest absolute Gasteiger partial charge is 0.339 e. The molecule has 0 aliphatic rings. The number of ether oxygens (including phenoxy) is 1. The van der Waals surface area contributed by atoms with Crippen LogP contribution in [0.5, 0.6) is 11.6 Å². The van der Waals surface area contributed by atoms with Gasteiger partial charge in [-0.15, -0.1) is 0 Å². The number of hydrogen-bond acceptors (Lipinski definition) is 4. The molecule has 1 N–H and O–H groups in total. The Labute approximate surface area is 116 Å². The van der Waals surface area contributed by atoms with Crippen LogP contribution >= 0.6 is 0 Å². The van der Waals surface area contributed by atoms with Gasteiger partial charge in [0.15, 0.2) is 0 Å². The summed E-state index contributed by atoms with van der Waals surface area (Å²) in [6, 6.07) is 9.96. The Morgan fingerprint density at radius 3 is 2.70 bits per heavy atom. The third-order valence-corrected chi connectivity index (χ3v) is 2.64. The molecule has 0 fully saturated rings. The molecule has 5 nitrogen and oxygen atoms in total. The summed E-state index contributed by atoms with van der Waals surface area (Å²) >= 11 is 0. The van der Waals surface area contributed by atoms with Gasteiger partial charge in [-0.2, -0.15) is 5.26 Å². The van der Waals surface area contributed by atoms with Crippen molar-refractivity contribution in [2.24, 2.45) is 0 Å². The second kappa shape index (κ2) is 5.41. The van der Waals surface area contributed by atoms with Gasteiger partial charge in [-0.1, -0.05) is 11.6 Å². The summed E-state index contributed by atoms with van der Waals surface area (Å²) in [5, 5.41) is 18.1. The zero-order valence-corrected chi connectivity index (χ0v) is 11.0. The number of carboxylic acid groups (broad SMARTS) is 1. The highest BCUT2D eigenvalue weighted by Crippen LogP contribution is 2.26. The van der Waals surface area contributed by atoms with E-state index in [1.165, 1.54) is 12.1 Å². The second-order valence-electron chi connectivity index (χ2n) is 4.35. The number of carbonyl (C=O) groups is 1. The molecule has 1 aromatic carbocycles. The zero-order valence-electron chi connectivity index (χ0n) is 11.0. The molecule has 20 heavy (non-hydrogen) atoms. The highest BCUT2D eigenvalue weighted by molar-refractivity contribution is 5.91. The van der Waals surface area contributed by atoms with Gasteiger partial charge >= 0.3 is 5.97 Å². The standard InChI is InChI=1S/C15H12N2O3/c1-9-3-4-13(12(5-9)15(18)19)20-14-7-11(8-16)6-10(2)17-14/h3-7H,1-2H3,(H,18,19). The fourth-order valence-corrected chi connectivity index (χ4v) is 1.77. The van der Waals surface area contributed by atoms with Gasteiger partial charge in [0.25, 0.3) is 0 Å². The largest absolute Gasteiger partial charge is 0.478 e. The number of rotatable bonds is 3. The Kier molecular flexibility index (Phi) is 3.67. The van der Waals surface area contributed by atoms with Crippen molar-refractivity contribution in [3.05, 3.63) is 52.7 Å². The lowest BCUT2D eigenvalue weighted by Gasteiger charge is -2.09. The van der Waals surface area contributed by atoms with E-state index in [9.17, 15) is 9.90 Å². The van der Waals surface area contributed by atoms with Gasteiger partial charge in [-0.3, -0.25) is 0 Å². The van der Waals surface area contributed by atoms with Gasteiger partial charge in [0.05, 0.1) is 11.6 Å². The minimum absolute atomic E-state index is 0.0619. The van der Waals surface area contributed by atoms with Crippen molar-refractivity contribution in [2.45, 2.75) is 13.8 Å². The number of pyridine rings is 1. The summed E-state index contributed by atoms with van der Waals surface area (Å²) in [7, 11) is 0. The van der Waals surface area contributed by atoms with E-state index in [1.54, 1.807) is 32.0 Å². The number of nitrogens with zero attached hydrogens (tertiary/aromatic N) is 2. The average Bonchev–Trinajstić information content (AvgIpc) is 2.40. The van der Waals surface area contributed by atoms with Crippen LogP contribution in [0.3, 0.4) is 0 Å². The van der Waals surface area contributed by atoms with E-state index in [-0.39, 0.29) is 17.2 Å². The molecule has 2 aromatic rings. The predicted octanol–water partition coefficient (Wildman–Crippen LogP) is 3.06. The molecule has 1 heterocycles. The summed E-state index contributed by atoms with van der Waals surface area (Å²) in [4.78, 5) is 15.3. The Morgan fingerprint density at radius 1 is 1.30 bits per heavy atom. The van der Waals surface area contributed by atoms with Crippen LogP contribution in [0, 0.1) is 25.2 Å². The molecule has 5 heteroatoms. The average molecular weight is 268 g/mol. The van der Waals surface area contributed by atoms with E-state index in [1.807, 2.05) is 6.07 Å². The first kappa shape index (κ1) is 13.6. The maximum atomic E-state index is 11.2. The molecule has 0 amide bonds. The lowest BCUT2D eigenvalue weighted by atomic mass is 10.1. The minimum Gasteiger partial charge on any atom is -0.478 e. The van der Waals surface area contributed by atoms with Crippen LogP contribution in [0.25, 0.3) is 0 Å². The number of aromatic nitrogens is 1. The van der Waals surface area contributed by atoms with E-state index in [2.05, 4.69) is 4.98 Å². The predicted molar refractivity (Wildman–Crippen MR) is 71.9 cm³/mol. The molecule has 0 aliphatic carbocycles. The quantitative estimate of drug-likeness (QED) is 0.924. The first-order valence-corrected chi connectivity index (χ1v) is 5.90. The van der Waals surface area contributed by atoms with Gasteiger partial charge in [0.2, 0.25) is 5.88 Å². The molecular formula is C15H12N2O3. The van der Waals surface area contributed by atoms with Crippen molar-refractivity contribution in [1.82, 2.24) is 4.98 Å². The maximum absolute atomic E-state index is 11.2. The molecule has 2 rings (SSSR count). The summed E-state index contributed by atoms with van der Waals surface area (Å²) in [5.74, 6) is -0.671. The lowest BCUT2D eigenvalue weighted by molar-refractivity contribution is 0.0694. The Bertz CT molecular complexity index is 718. The molecule has 0 saturated heterocycles. The van der Waals surface area contributed by atoms with Crippen LogP contribution in [0.1, 0.15) is 27.2 Å². The summed E-state index contributed by atoms with van der Waals surface area (Å²) in [6.07, 6.45) is 0. The van der Waals surface area contributed by atoms with Crippen molar-refractivity contribution < 1.29 is 14.6 Å². The number of hydrogen-bond donors (Lipinski definition) is 1. The number of nitriles is 1. The van der Waals surface area contributed by atoms with Gasteiger partial charge < -0.3 is 9.84 Å². The third-order valence-electron chi connectivity index (χ3n) is 2.64. The molecule has 1 aromatic heterocycles. The van der Waals surface area contributed by atoms with Crippen molar-refractivity contribution in [1.29, 1.82) is 5.26 Å². The molecule has 0 unspecified atom stereocenters. The Morgan fingerprint density at radius 2 is 2.05 bits per heavy atom. The lowest BCUT2D eigenvalue weighted by Crippen LogP contribution is -2.01. The van der Waals surface area contributed by atoms with Crippen molar-refractivity contribution in [2.75, 3.05) is 0 Å².